The van der Waals surface area contributed by atoms with Crippen molar-refractivity contribution in [1.82, 2.24) is 5.32 Å². The fourth-order valence-corrected chi connectivity index (χ4v) is 1.74. The van der Waals surface area contributed by atoms with Gasteiger partial charge in [-0.1, -0.05) is 26.0 Å². The van der Waals surface area contributed by atoms with E-state index in [0.717, 1.165) is 6.29 Å². The Hall–Kier alpha value is -1.91. The minimum atomic E-state index is -0.874. The molecule has 0 aliphatic rings. The lowest BCUT2D eigenvalue weighted by Gasteiger charge is -2.30. The molecular formula is C14H18FNO3. The molecule has 0 aromatic heterocycles. The number of hydrogen-bond donors (Lipinski definition) is 1. The Balaban J connectivity index is 3.06. The first-order valence-electron chi connectivity index (χ1n) is 6.05. The summed E-state index contributed by atoms with van der Waals surface area (Å²) < 4.78 is 18.1. The topological polar surface area (TPSA) is 55.4 Å². The van der Waals surface area contributed by atoms with Gasteiger partial charge in [0.15, 0.2) is 0 Å². The lowest BCUT2D eigenvalue weighted by Crippen LogP contribution is -2.39. The third kappa shape index (κ3) is 4.05. The summed E-state index contributed by atoms with van der Waals surface area (Å²) in [6.45, 7) is 5.24. The van der Waals surface area contributed by atoms with Gasteiger partial charge in [0, 0.05) is 5.41 Å². The molecule has 0 saturated carbocycles. The number of ether oxygens (including phenoxy) is 1. The van der Waals surface area contributed by atoms with Crippen LogP contribution in [0.2, 0.25) is 0 Å². The van der Waals surface area contributed by atoms with Crippen molar-refractivity contribution in [2.45, 2.75) is 26.8 Å². The molecule has 0 bridgehead atoms. The largest absolute Gasteiger partial charge is 0.450 e. The molecule has 0 aliphatic heterocycles. The van der Waals surface area contributed by atoms with Gasteiger partial charge >= 0.3 is 6.09 Å². The van der Waals surface area contributed by atoms with Crippen molar-refractivity contribution in [3.8, 4) is 0 Å². The molecule has 104 valence electrons. The van der Waals surface area contributed by atoms with Crippen LogP contribution in [0.5, 0.6) is 0 Å². The van der Waals surface area contributed by atoms with Crippen LogP contribution in [0.4, 0.5) is 9.18 Å². The zero-order valence-electron chi connectivity index (χ0n) is 11.3. The summed E-state index contributed by atoms with van der Waals surface area (Å²) >= 11 is 0. The molecule has 4 nitrogen and oxygen atoms in total. The fraction of sp³-hybridized carbons (Fsp3) is 0.429. The smallest absolute Gasteiger partial charge is 0.407 e. The van der Waals surface area contributed by atoms with E-state index in [1.165, 1.54) is 18.2 Å². The van der Waals surface area contributed by atoms with Crippen molar-refractivity contribution < 1.29 is 18.7 Å². The van der Waals surface area contributed by atoms with Gasteiger partial charge in [-0.05, 0) is 24.6 Å². The molecule has 1 atom stereocenters. The Bertz CT molecular complexity index is 460. The second kappa shape index (κ2) is 6.31. The maximum Gasteiger partial charge on any atom is 0.407 e. The second-order valence-electron chi connectivity index (χ2n) is 4.79. The van der Waals surface area contributed by atoms with Gasteiger partial charge in [0.1, 0.15) is 12.1 Å². The van der Waals surface area contributed by atoms with E-state index < -0.39 is 23.4 Å². The highest BCUT2D eigenvalue weighted by molar-refractivity contribution is 5.70. The lowest BCUT2D eigenvalue weighted by molar-refractivity contribution is -0.116. The summed E-state index contributed by atoms with van der Waals surface area (Å²) in [5.74, 6) is -0.421. The monoisotopic (exact) mass is 267 g/mol. The molecule has 0 spiro atoms. The Labute approximate surface area is 112 Å². The van der Waals surface area contributed by atoms with E-state index in [1.807, 2.05) is 0 Å². The lowest BCUT2D eigenvalue weighted by atomic mass is 9.82. The van der Waals surface area contributed by atoms with Crippen LogP contribution >= 0.6 is 0 Å². The number of carbonyl (C=O) groups excluding carboxylic acids is 2. The molecule has 0 radical (unpaired) electrons. The van der Waals surface area contributed by atoms with Crippen molar-refractivity contribution in [2.75, 3.05) is 6.61 Å². The maximum atomic E-state index is 13.3. The average molecular weight is 267 g/mol. The van der Waals surface area contributed by atoms with Crippen molar-refractivity contribution in [1.29, 1.82) is 0 Å². The number of halogens is 1. The minimum Gasteiger partial charge on any atom is -0.450 e. The summed E-state index contributed by atoms with van der Waals surface area (Å²) in [5.41, 5.74) is -0.356. The molecule has 1 unspecified atom stereocenters. The third-order valence-corrected chi connectivity index (χ3v) is 2.77. The van der Waals surface area contributed by atoms with Crippen LogP contribution in [0.3, 0.4) is 0 Å². The first-order chi connectivity index (χ1) is 8.90. The number of benzene rings is 1. The van der Waals surface area contributed by atoms with Gasteiger partial charge < -0.3 is 14.8 Å². The first kappa shape index (κ1) is 15.1. The Morgan fingerprint density at radius 1 is 1.53 bits per heavy atom. The Morgan fingerprint density at radius 3 is 2.74 bits per heavy atom. The normalized spacial score (nSPS) is 12.6. The van der Waals surface area contributed by atoms with Crippen LogP contribution in [0.1, 0.15) is 32.4 Å². The number of rotatable bonds is 5. The molecule has 1 rings (SSSR count). The number of hydrogen-bond acceptors (Lipinski definition) is 3. The number of aldehydes is 1. The summed E-state index contributed by atoms with van der Waals surface area (Å²) in [7, 11) is 0. The quantitative estimate of drug-likeness (QED) is 0.835. The molecule has 5 heteroatoms. The van der Waals surface area contributed by atoms with E-state index >= 15 is 0 Å². The van der Waals surface area contributed by atoms with E-state index in [-0.39, 0.29) is 6.61 Å². The number of alkyl carbamates (subject to hydrolysis) is 1. The molecule has 1 aromatic carbocycles. The summed E-state index contributed by atoms with van der Waals surface area (Å²) in [6.07, 6.45) is 0.0983. The highest BCUT2D eigenvalue weighted by Gasteiger charge is 2.32. The highest BCUT2D eigenvalue weighted by atomic mass is 19.1. The van der Waals surface area contributed by atoms with Crippen molar-refractivity contribution in [3.05, 3.63) is 35.6 Å². The predicted molar refractivity (Wildman–Crippen MR) is 69.1 cm³/mol. The van der Waals surface area contributed by atoms with Crippen molar-refractivity contribution in [3.63, 3.8) is 0 Å². The zero-order chi connectivity index (χ0) is 14.5. The van der Waals surface area contributed by atoms with Gasteiger partial charge in [-0.25, -0.2) is 9.18 Å². The zero-order valence-corrected chi connectivity index (χ0v) is 11.3. The van der Waals surface area contributed by atoms with Gasteiger partial charge in [-0.15, -0.1) is 0 Å². The maximum absolute atomic E-state index is 13.3. The molecule has 1 aromatic rings. The third-order valence-electron chi connectivity index (χ3n) is 2.77. The van der Waals surface area contributed by atoms with E-state index in [0.29, 0.717) is 5.56 Å². The van der Waals surface area contributed by atoms with E-state index in [9.17, 15) is 14.0 Å². The number of nitrogens with one attached hydrogen (secondary N) is 1. The predicted octanol–water partition coefficient (Wildman–Crippen LogP) is 2.84. The SMILES string of the molecule is CCOC(=O)NC(c1cccc(F)c1)C(C)(C)C=O. The van der Waals surface area contributed by atoms with Crippen molar-refractivity contribution >= 4 is 12.4 Å². The number of amides is 1. The number of carbonyl (C=O) groups is 2. The summed E-state index contributed by atoms with van der Waals surface area (Å²) in [4.78, 5) is 22.7. The van der Waals surface area contributed by atoms with Gasteiger partial charge in [-0.3, -0.25) is 0 Å². The van der Waals surface area contributed by atoms with E-state index in [2.05, 4.69) is 5.32 Å². The van der Waals surface area contributed by atoms with Gasteiger partial charge in [-0.2, -0.15) is 0 Å². The molecule has 1 amide bonds. The van der Waals surface area contributed by atoms with E-state index in [1.54, 1.807) is 26.8 Å². The summed E-state index contributed by atoms with van der Waals surface area (Å²) in [6, 6.07) is 5.14. The van der Waals surface area contributed by atoms with Gasteiger partial charge in [0.25, 0.3) is 0 Å². The molecule has 19 heavy (non-hydrogen) atoms. The molecule has 0 aliphatic carbocycles. The van der Waals surface area contributed by atoms with Crippen LogP contribution in [-0.4, -0.2) is 19.0 Å². The van der Waals surface area contributed by atoms with Crippen LogP contribution in [-0.2, 0) is 9.53 Å². The molecular weight excluding hydrogens is 249 g/mol. The Morgan fingerprint density at radius 2 is 2.21 bits per heavy atom. The molecule has 0 saturated heterocycles. The van der Waals surface area contributed by atoms with Gasteiger partial charge in [0.05, 0.1) is 12.6 Å². The van der Waals surface area contributed by atoms with Crippen LogP contribution < -0.4 is 5.32 Å². The summed E-state index contributed by atoms with van der Waals surface area (Å²) in [5, 5.41) is 2.59. The fourth-order valence-electron chi connectivity index (χ4n) is 1.74. The second-order valence-corrected chi connectivity index (χ2v) is 4.79. The molecule has 1 N–H and O–H groups in total. The van der Waals surface area contributed by atoms with Crippen LogP contribution in [0.15, 0.2) is 24.3 Å². The van der Waals surface area contributed by atoms with Crippen molar-refractivity contribution in [2.24, 2.45) is 5.41 Å². The van der Waals surface area contributed by atoms with Crippen LogP contribution in [0, 0.1) is 11.2 Å². The highest BCUT2D eigenvalue weighted by Crippen LogP contribution is 2.31. The Kier molecular flexibility index (Phi) is 5.03. The molecule has 0 heterocycles. The van der Waals surface area contributed by atoms with Crippen LogP contribution in [0.25, 0.3) is 0 Å². The van der Waals surface area contributed by atoms with Gasteiger partial charge in [0.2, 0.25) is 0 Å². The van der Waals surface area contributed by atoms with E-state index in [4.69, 9.17) is 4.74 Å². The minimum absolute atomic E-state index is 0.225. The molecule has 0 fully saturated rings. The average Bonchev–Trinajstić information content (AvgIpc) is 2.36. The standard InChI is InChI=1S/C14H18FNO3/c1-4-19-13(18)16-12(14(2,3)9-17)10-6-5-7-11(15)8-10/h5-9,12H,4H2,1-3H3,(H,16,18). The first-order valence-corrected chi connectivity index (χ1v) is 6.05.